The lowest BCUT2D eigenvalue weighted by molar-refractivity contribution is 0.0945. The van der Waals surface area contributed by atoms with Gasteiger partial charge < -0.3 is 5.11 Å². The normalized spacial score (nSPS) is 13.4. The Morgan fingerprint density at radius 2 is 2.07 bits per heavy atom. The van der Waals surface area contributed by atoms with Crippen molar-refractivity contribution >= 4 is 0 Å². The summed E-state index contributed by atoms with van der Waals surface area (Å²) in [5, 5.41) is 14.1. The Labute approximate surface area is 92.1 Å². The molecule has 86 valence electrons. The zero-order valence-electron chi connectivity index (χ0n) is 9.98. The van der Waals surface area contributed by atoms with Crippen molar-refractivity contribution < 1.29 is 5.11 Å². The van der Waals surface area contributed by atoms with Gasteiger partial charge in [-0.2, -0.15) is 5.10 Å². The molecule has 0 aliphatic heterocycles. The van der Waals surface area contributed by atoms with Crippen LogP contribution in [0.1, 0.15) is 38.7 Å². The minimum atomic E-state index is -0.166. The Hall–Kier alpha value is -0.830. The van der Waals surface area contributed by atoms with E-state index in [4.69, 9.17) is 0 Å². The van der Waals surface area contributed by atoms with Crippen molar-refractivity contribution in [1.29, 1.82) is 0 Å². The topological polar surface area (TPSA) is 38.1 Å². The molecule has 0 bridgehead atoms. The van der Waals surface area contributed by atoms with Gasteiger partial charge in [0.15, 0.2) is 0 Å². The zero-order valence-corrected chi connectivity index (χ0v) is 9.98. The molecular weight excluding hydrogens is 188 g/mol. The smallest absolute Gasteiger partial charge is 0.0571 e. The number of hydrogen-bond acceptors (Lipinski definition) is 2. The monoisotopic (exact) mass is 210 g/mol. The van der Waals surface area contributed by atoms with Crippen molar-refractivity contribution in [2.24, 2.45) is 13.0 Å². The molecule has 1 rings (SSSR count). The van der Waals surface area contributed by atoms with Crippen LogP contribution in [0.25, 0.3) is 0 Å². The molecule has 0 fully saturated rings. The minimum Gasteiger partial charge on any atom is -0.393 e. The Kier molecular flexibility index (Phi) is 4.82. The number of aromatic nitrogens is 2. The van der Waals surface area contributed by atoms with E-state index < -0.39 is 0 Å². The molecule has 0 aromatic carbocycles. The van der Waals surface area contributed by atoms with Crippen LogP contribution in [0, 0.1) is 5.92 Å². The van der Waals surface area contributed by atoms with Crippen LogP contribution in [0.4, 0.5) is 0 Å². The van der Waals surface area contributed by atoms with E-state index in [1.807, 2.05) is 19.4 Å². The first-order valence-electron chi connectivity index (χ1n) is 5.83. The second-order valence-corrected chi connectivity index (χ2v) is 4.20. The number of aliphatic hydroxyl groups is 1. The predicted octanol–water partition coefficient (Wildman–Crippen LogP) is 2.15. The van der Waals surface area contributed by atoms with Crippen molar-refractivity contribution in [3.05, 3.63) is 18.0 Å². The number of aryl methyl sites for hydroxylation is 2. The Balaban J connectivity index is 2.36. The molecule has 0 spiro atoms. The fourth-order valence-electron chi connectivity index (χ4n) is 1.98. The first kappa shape index (κ1) is 12.2. The summed E-state index contributed by atoms with van der Waals surface area (Å²) >= 11 is 0. The van der Waals surface area contributed by atoms with Crippen LogP contribution in [0.2, 0.25) is 0 Å². The fourth-order valence-corrected chi connectivity index (χ4v) is 1.98. The van der Waals surface area contributed by atoms with Gasteiger partial charge in [0, 0.05) is 13.2 Å². The Morgan fingerprint density at radius 1 is 1.40 bits per heavy atom. The summed E-state index contributed by atoms with van der Waals surface area (Å²) in [6.45, 7) is 4.28. The van der Waals surface area contributed by atoms with E-state index in [9.17, 15) is 5.11 Å². The van der Waals surface area contributed by atoms with Gasteiger partial charge >= 0.3 is 0 Å². The molecule has 3 heteroatoms. The van der Waals surface area contributed by atoms with Crippen molar-refractivity contribution in [1.82, 2.24) is 9.78 Å². The van der Waals surface area contributed by atoms with Gasteiger partial charge in [-0.15, -0.1) is 0 Å². The molecule has 0 saturated carbocycles. The summed E-state index contributed by atoms with van der Waals surface area (Å²) in [7, 11) is 1.92. The molecule has 0 saturated heterocycles. The van der Waals surface area contributed by atoms with Crippen LogP contribution < -0.4 is 0 Å². The van der Waals surface area contributed by atoms with Gasteiger partial charge in [-0.1, -0.05) is 26.7 Å². The minimum absolute atomic E-state index is 0.166. The summed E-state index contributed by atoms with van der Waals surface area (Å²) in [6.07, 6.45) is 7.61. The van der Waals surface area contributed by atoms with Crippen molar-refractivity contribution in [2.45, 2.75) is 45.6 Å². The average Bonchev–Trinajstić information content (AvgIpc) is 2.63. The second kappa shape index (κ2) is 5.91. The fraction of sp³-hybridized carbons (Fsp3) is 0.750. The lowest BCUT2D eigenvalue weighted by atomic mass is 9.93. The van der Waals surface area contributed by atoms with E-state index in [1.165, 1.54) is 5.56 Å². The van der Waals surface area contributed by atoms with Gasteiger partial charge in [0.25, 0.3) is 0 Å². The third kappa shape index (κ3) is 3.67. The van der Waals surface area contributed by atoms with E-state index in [0.29, 0.717) is 5.92 Å². The van der Waals surface area contributed by atoms with Gasteiger partial charge in [0.2, 0.25) is 0 Å². The van der Waals surface area contributed by atoms with E-state index in [-0.39, 0.29) is 6.10 Å². The van der Waals surface area contributed by atoms with Crippen LogP contribution in [-0.2, 0) is 13.5 Å². The highest BCUT2D eigenvalue weighted by Gasteiger charge is 2.15. The standard InChI is InChI=1S/C12H22N2O/c1-4-11(5-2)12(15)7-6-10-8-13-14(3)9-10/h8-9,11-12,15H,4-7H2,1-3H3. The van der Waals surface area contributed by atoms with Crippen LogP contribution in [0.3, 0.4) is 0 Å². The maximum absolute atomic E-state index is 9.95. The highest BCUT2D eigenvalue weighted by Crippen LogP contribution is 2.17. The number of hydrogen-bond donors (Lipinski definition) is 1. The number of rotatable bonds is 6. The summed E-state index contributed by atoms with van der Waals surface area (Å²) < 4.78 is 1.80. The highest BCUT2D eigenvalue weighted by atomic mass is 16.3. The third-order valence-corrected chi connectivity index (χ3v) is 3.08. The molecule has 0 amide bonds. The molecule has 1 aromatic heterocycles. The summed E-state index contributed by atoms with van der Waals surface area (Å²) in [5.41, 5.74) is 1.21. The Bertz CT molecular complexity index is 279. The van der Waals surface area contributed by atoms with E-state index in [2.05, 4.69) is 18.9 Å². The van der Waals surface area contributed by atoms with Crippen LogP contribution in [-0.4, -0.2) is 21.0 Å². The molecule has 0 aliphatic carbocycles. The summed E-state index contributed by atoms with van der Waals surface area (Å²) in [5.74, 6) is 0.446. The van der Waals surface area contributed by atoms with E-state index in [0.717, 1.165) is 25.7 Å². The van der Waals surface area contributed by atoms with Crippen LogP contribution >= 0.6 is 0 Å². The molecular formula is C12H22N2O. The predicted molar refractivity (Wildman–Crippen MR) is 61.6 cm³/mol. The first-order valence-corrected chi connectivity index (χ1v) is 5.83. The molecule has 15 heavy (non-hydrogen) atoms. The lowest BCUT2D eigenvalue weighted by Gasteiger charge is -2.19. The quantitative estimate of drug-likeness (QED) is 0.781. The van der Waals surface area contributed by atoms with Crippen LogP contribution in [0.15, 0.2) is 12.4 Å². The summed E-state index contributed by atoms with van der Waals surface area (Å²) in [4.78, 5) is 0. The van der Waals surface area contributed by atoms with Crippen molar-refractivity contribution in [3.8, 4) is 0 Å². The second-order valence-electron chi connectivity index (χ2n) is 4.20. The largest absolute Gasteiger partial charge is 0.393 e. The molecule has 1 N–H and O–H groups in total. The van der Waals surface area contributed by atoms with Crippen molar-refractivity contribution in [3.63, 3.8) is 0 Å². The molecule has 0 aliphatic rings. The highest BCUT2D eigenvalue weighted by molar-refractivity contribution is 5.03. The lowest BCUT2D eigenvalue weighted by Crippen LogP contribution is -2.19. The summed E-state index contributed by atoms with van der Waals surface area (Å²) in [6, 6.07) is 0. The maximum atomic E-state index is 9.95. The van der Waals surface area contributed by atoms with Gasteiger partial charge in [-0.25, -0.2) is 0 Å². The van der Waals surface area contributed by atoms with E-state index >= 15 is 0 Å². The first-order chi connectivity index (χ1) is 7.17. The molecule has 1 atom stereocenters. The van der Waals surface area contributed by atoms with E-state index in [1.54, 1.807) is 4.68 Å². The number of aliphatic hydroxyl groups excluding tert-OH is 1. The maximum Gasteiger partial charge on any atom is 0.0571 e. The van der Waals surface area contributed by atoms with Gasteiger partial charge in [0.05, 0.1) is 12.3 Å². The van der Waals surface area contributed by atoms with Crippen molar-refractivity contribution in [2.75, 3.05) is 0 Å². The third-order valence-electron chi connectivity index (χ3n) is 3.08. The molecule has 1 aromatic rings. The van der Waals surface area contributed by atoms with Gasteiger partial charge in [0.1, 0.15) is 0 Å². The molecule has 1 unspecified atom stereocenters. The van der Waals surface area contributed by atoms with Gasteiger partial charge in [-0.3, -0.25) is 4.68 Å². The zero-order chi connectivity index (χ0) is 11.3. The van der Waals surface area contributed by atoms with Crippen LogP contribution in [0.5, 0.6) is 0 Å². The molecule has 1 heterocycles. The van der Waals surface area contributed by atoms with Gasteiger partial charge in [-0.05, 0) is 24.3 Å². The number of nitrogens with zero attached hydrogens (tertiary/aromatic N) is 2. The Morgan fingerprint density at radius 3 is 2.53 bits per heavy atom. The molecule has 3 nitrogen and oxygen atoms in total. The SMILES string of the molecule is CCC(CC)C(O)CCc1cnn(C)c1. The average molecular weight is 210 g/mol. The molecule has 0 radical (unpaired) electrons.